The number of likely N-dealkylation sites (N-methyl/N-ethyl adjacent to an activating group) is 1. The third-order valence-electron chi connectivity index (χ3n) is 2.37. The maximum atomic E-state index is 8.74. The first-order chi connectivity index (χ1) is 7.24. The molecule has 0 bridgehead atoms. The van der Waals surface area contributed by atoms with E-state index in [2.05, 4.69) is 27.0 Å². The van der Waals surface area contributed by atoms with E-state index in [0.29, 0.717) is 0 Å². The average Bonchev–Trinajstić information content (AvgIpc) is 2.15. The quantitative estimate of drug-likeness (QED) is 0.427. The van der Waals surface area contributed by atoms with Crippen molar-refractivity contribution in [3.8, 4) is 0 Å². The molecule has 0 saturated heterocycles. The maximum absolute atomic E-state index is 8.74. The Morgan fingerprint density at radius 2 is 1.31 bits per heavy atom. The van der Waals surface area contributed by atoms with Gasteiger partial charge in [-0.25, -0.2) is 0 Å². The minimum Gasteiger partial charge on any atom is -0.318 e. The highest BCUT2D eigenvalue weighted by Crippen LogP contribution is 2.05. The smallest absolute Gasteiger partial charge is 0.318 e. The van der Waals surface area contributed by atoms with Crippen LogP contribution in [0.4, 0.5) is 0 Å². The standard InChI is InChI=1S/C10H20N.H2O4S/c1-5-9-11(7-3,8-4)10-6-2;1-5(2,3)4/h5-6H,1-2,7-10H2,3-4H3;(H2,1,2,3,4)/q+1;. The van der Waals surface area contributed by atoms with Gasteiger partial charge in [-0.2, -0.15) is 8.42 Å². The summed E-state index contributed by atoms with van der Waals surface area (Å²) < 4.78 is 32.7. The summed E-state index contributed by atoms with van der Waals surface area (Å²) in [6, 6.07) is 0. The summed E-state index contributed by atoms with van der Waals surface area (Å²) in [6.07, 6.45) is 3.99. The van der Waals surface area contributed by atoms with Crippen molar-refractivity contribution in [3.05, 3.63) is 25.3 Å². The van der Waals surface area contributed by atoms with E-state index < -0.39 is 10.4 Å². The van der Waals surface area contributed by atoms with Gasteiger partial charge < -0.3 is 4.48 Å². The zero-order chi connectivity index (χ0) is 13.2. The van der Waals surface area contributed by atoms with Crippen molar-refractivity contribution in [2.45, 2.75) is 13.8 Å². The van der Waals surface area contributed by atoms with E-state index in [-0.39, 0.29) is 0 Å². The van der Waals surface area contributed by atoms with Gasteiger partial charge >= 0.3 is 10.4 Å². The molecule has 0 aliphatic heterocycles. The summed E-state index contributed by atoms with van der Waals surface area (Å²) in [5, 5.41) is 0. The predicted octanol–water partition coefficient (Wildman–Crippen LogP) is 1.56. The lowest BCUT2D eigenvalue weighted by Crippen LogP contribution is -2.47. The Hall–Kier alpha value is -0.690. The molecule has 0 rings (SSSR count). The molecule has 0 aromatic rings. The minimum absolute atomic E-state index is 1.05. The Kier molecular flexibility index (Phi) is 9.36. The van der Waals surface area contributed by atoms with Crippen molar-refractivity contribution in [1.29, 1.82) is 0 Å². The molecule has 16 heavy (non-hydrogen) atoms. The molecule has 0 atom stereocenters. The first-order valence-electron chi connectivity index (χ1n) is 5.01. The van der Waals surface area contributed by atoms with Crippen LogP contribution >= 0.6 is 0 Å². The molecule has 0 aromatic carbocycles. The lowest BCUT2D eigenvalue weighted by atomic mass is 10.3. The molecule has 0 heterocycles. The first kappa shape index (κ1) is 17.7. The molecule has 0 amide bonds. The molecule has 0 saturated carbocycles. The van der Waals surface area contributed by atoms with E-state index in [4.69, 9.17) is 17.5 Å². The molecule has 0 aromatic heterocycles. The Labute approximate surface area is 98.3 Å². The van der Waals surface area contributed by atoms with Gasteiger partial charge in [0.25, 0.3) is 0 Å². The largest absolute Gasteiger partial charge is 0.394 e. The van der Waals surface area contributed by atoms with Gasteiger partial charge in [-0.05, 0) is 26.0 Å². The second-order valence-corrected chi connectivity index (χ2v) is 4.26. The van der Waals surface area contributed by atoms with E-state index in [1.54, 1.807) is 0 Å². The van der Waals surface area contributed by atoms with E-state index >= 15 is 0 Å². The zero-order valence-electron chi connectivity index (χ0n) is 9.96. The molecule has 0 spiro atoms. The van der Waals surface area contributed by atoms with Crippen molar-refractivity contribution < 1.29 is 22.0 Å². The van der Waals surface area contributed by atoms with Crippen LogP contribution in [-0.4, -0.2) is 48.2 Å². The number of quaternary nitrogens is 1. The molecule has 0 aliphatic rings. The predicted molar refractivity (Wildman–Crippen MR) is 65.6 cm³/mol. The van der Waals surface area contributed by atoms with E-state index in [9.17, 15) is 0 Å². The molecule has 0 unspecified atom stereocenters. The SMILES string of the molecule is C=CC[N+](CC)(CC)CC=C.O=S(=O)(O)O. The van der Waals surface area contributed by atoms with Crippen LogP contribution in [-0.2, 0) is 10.4 Å². The fourth-order valence-electron chi connectivity index (χ4n) is 1.36. The molecule has 0 aliphatic carbocycles. The van der Waals surface area contributed by atoms with Crippen LogP contribution < -0.4 is 0 Å². The Balaban J connectivity index is 0. The van der Waals surface area contributed by atoms with Crippen molar-refractivity contribution >= 4 is 10.4 Å². The molecule has 2 N–H and O–H groups in total. The van der Waals surface area contributed by atoms with Crippen LogP contribution in [0.2, 0.25) is 0 Å². The monoisotopic (exact) mass is 252 g/mol. The second kappa shape index (κ2) is 8.46. The summed E-state index contributed by atoms with van der Waals surface area (Å²) in [4.78, 5) is 0. The maximum Gasteiger partial charge on any atom is 0.394 e. The number of nitrogens with zero attached hydrogens (tertiary/aromatic N) is 1. The van der Waals surface area contributed by atoms with Crippen LogP contribution in [0.1, 0.15) is 13.8 Å². The summed E-state index contributed by atoms with van der Waals surface area (Å²) in [5.74, 6) is 0. The lowest BCUT2D eigenvalue weighted by molar-refractivity contribution is -0.914. The van der Waals surface area contributed by atoms with Crippen molar-refractivity contribution in [1.82, 2.24) is 0 Å². The van der Waals surface area contributed by atoms with E-state index in [1.165, 1.54) is 0 Å². The van der Waals surface area contributed by atoms with E-state index in [1.807, 2.05) is 12.2 Å². The van der Waals surface area contributed by atoms with Gasteiger partial charge in [0.1, 0.15) is 0 Å². The number of hydrogen-bond acceptors (Lipinski definition) is 2. The highest BCUT2D eigenvalue weighted by atomic mass is 32.3. The van der Waals surface area contributed by atoms with Crippen LogP contribution in [0.5, 0.6) is 0 Å². The lowest BCUT2D eigenvalue weighted by Gasteiger charge is -2.34. The summed E-state index contributed by atoms with van der Waals surface area (Å²) in [6.45, 7) is 16.4. The van der Waals surface area contributed by atoms with Crippen LogP contribution in [0, 0.1) is 0 Å². The van der Waals surface area contributed by atoms with Crippen LogP contribution in [0.3, 0.4) is 0 Å². The topological polar surface area (TPSA) is 74.6 Å². The second-order valence-electron chi connectivity index (χ2n) is 3.36. The molecule has 96 valence electrons. The molecule has 5 nitrogen and oxygen atoms in total. The normalized spacial score (nSPS) is 11.2. The van der Waals surface area contributed by atoms with Gasteiger partial charge in [0, 0.05) is 0 Å². The van der Waals surface area contributed by atoms with Crippen LogP contribution in [0.15, 0.2) is 25.3 Å². The minimum atomic E-state index is -4.67. The highest BCUT2D eigenvalue weighted by molar-refractivity contribution is 7.79. The third-order valence-corrected chi connectivity index (χ3v) is 2.37. The van der Waals surface area contributed by atoms with Gasteiger partial charge in [0.2, 0.25) is 0 Å². The average molecular weight is 252 g/mol. The molecule has 6 heteroatoms. The van der Waals surface area contributed by atoms with E-state index in [0.717, 1.165) is 30.7 Å². The van der Waals surface area contributed by atoms with Gasteiger partial charge in [-0.3, -0.25) is 9.11 Å². The fourth-order valence-corrected chi connectivity index (χ4v) is 1.36. The van der Waals surface area contributed by atoms with Crippen molar-refractivity contribution in [2.75, 3.05) is 26.2 Å². The molecule has 0 radical (unpaired) electrons. The molecular weight excluding hydrogens is 230 g/mol. The van der Waals surface area contributed by atoms with Gasteiger partial charge in [-0.1, -0.05) is 13.2 Å². The van der Waals surface area contributed by atoms with Crippen molar-refractivity contribution in [3.63, 3.8) is 0 Å². The van der Waals surface area contributed by atoms with Crippen LogP contribution in [0.25, 0.3) is 0 Å². The Morgan fingerprint density at radius 3 is 1.44 bits per heavy atom. The highest BCUT2D eigenvalue weighted by Gasteiger charge is 2.18. The summed E-state index contributed by atoms with van der Waals surface area (Å²) in [7, 11) is -4.67. The fraction of sp³-hybridized carbons (Fsp3) is 0.600. The molecule has 0 fully saturated rings. The Bertz CT molecular complexity index is 274. The zero-order valence-corrected chi connectivity index (χ0v) is 10.8. The van der Waals surface area contributed by atoms with Gasteiger partial charge in [0.15, 0.2) is 0 Å². The number of hydrogen-bond donors (Lipinski definition) is 2. The summed E-state index contributed by atoms with van der Waals surface area (Å²) >= 11 is 0. The molecular formula is C10H22NO4S+. The summed E-state index contributed by atoms with van der Waals surface area (Å²) in [5.41, 5.74) is 0. The van der Waals surface area contributed by atoms with Gasteiger partial charge in [0.05, 0.1) is 26.2 Å². The third kappa shape index (κ3) is 11.4. The Morgan fingerprint density at radius 1 is 1.06 bits per heavy atom. The van der Waals surface area contributed by atoms with Crippen molar-refractivity contribution in [2.24, 2.45) is 0 Å². The van der Waals surface area contributed by atoms with Gasteiger partial charge in [-0.15, -0.1) is 0 Å². The first-order valence-corrected chi connectivity index (χ1v) is 6.41. The number of rotatable bonds is 6.